The molecule has 1 aromatic rings. The Bertz CT molecular complexity index is 383. The van der Waals surface area contributed by atoms with Gasteiger partial charge in [0.2, 0.25) is 17.8 Å². The van der Waals surface area contributed by atoms with Gasteiger partial charge in [-0.3, -0.25) is 0 Å². The highest BCUT2D eigenvalue weighted by molar-refractivity contribution is 5.43. The van der Waals surface area contributed by atoms with E-state index in [2.05, 4.69) is 30.5 Å². The van der Waals surface area contributed by atoms with E-state index >= 15 is 0 Å². The van der Waals surface area contributed by atoms with Gasteiger partial charge in [0.1, 0.15) is 0 Å². The molecule has 18 heavy (non-hydrogen) atoms. The molecule has 0 saturated carbocycles. The predicted molar refractivity (Wildman–Crippen MR) is 68.0 cm³/mol. The largest absolute Gasteiger partial charge is 0.395 e. The topological polar surface area (TPSA) is 95.4 Å². The number of hydrogen-bond acceptors (Lipinski definition) is 8. The fraction of sp³-hybridized carbons (Fsp3) is 0.700. The van der Waals surface area contributed by atoms with Gasteiger partial charge in [0, 0.05) is 26.7 Å². The molecule has 0 amide bonds. The van der Waals surface area contributed by atoms with E-state index < -0.39 is 0 Å². The quantitative estimate of drug-likeness (QED) is 0.625. The molecular weight excluding hydrogens is 236 g/mol. The molecule has 1 aliphatic rings. The second-order valence-electron chi connectivity index (χ2n) is 3.78. The van der Waals surface area contributed by atoms with Gasteiger partial charge < -0.3 is 25.4 Å². The van der Waals surface area contributed by atoms with Crippen LogP contribution in [0, 0.1) is 0 Å². The molecule has 0 atom stereocenters. The number of nitrogens with zero attached hydrogens (tertiary/aromatic N) is 4. The van der Waals surface area contributed by atoms with Crippen molar-refractivity contribution in [2.45, 2.75) is 0 Å². The minimum absolute atomic E-state index is 0.0352. The lowest BCUT2D eigenvalue weighted by Gasteiger charge is -2.27. The van der Waals surface area contributed by atoms with Crippen molar-refractivity contribution in [2.75, 3.05) is 62.0 Å². The minimum atomic E-state index is 0.0352. The molecule has 1 aliphatic heterocycles. The molecular formula is C10H18N6O2. The van der Waals surface area contributed by atoms with Crippen LogP contribution in [0.15, 0.2) is 0 Å². The lowest BCUT2D eigenvalue weighted by atomic mass is 10.4. The molecule has 1 aromatic heterocycles. The summed E-state index contributed by atoms with van der Waals surface area (Å²) in [5.74, 6) is 1.59. The smallest absolute Gasteiger partial charge is 0.232 e. The molecule has 8 nitrogen and oxygen atoms in total. The van der Waals surface area contributed by atoms with Crippen molar-refractivity contribution in [1.82, 2.24) is 15.0 Å². The highest BCUT2D eigenvalue weighted by atomic mass is 16.5. The molecule has 100 valence electrons. The Hall–Kier alpha value is -1.67. The Morgan fingerprint density at radius 1 is 1.22 bits per heavy atom. The van der Waals surface area contributed by atoms with Crippen LogP contribution in [-0.4, -0.2) is 66.6 Å². The SMILES string of the molecule is CNc1nc(NCCO)nc(N2CCOCC2)n1. The molecule has 1 fully saturated rings. The van der Waals surface area contributed by atoms with Crippen LogP contribution in [0.25, 0.3) is 0 Å². The highest BCUT2D eigenvalue weighted by Gasteiger charge is 2.16. The Labute approximate surface area is 105 Å². The van der Waals surface area contributed by atoms with Gasteiger partial charge in [-0.15, -0.1) is 0 Å². The number of anilines is 3. The summed E-state index contributed by atoms with van der Waals surface area (Å²) in [6.45, 7) is 3.35. The normalized spacial score (nSPS) is 15.6. The van der Waals surface area contributed by atoms with Crippen molar-refractivity contribution in [3.63, 3.8) is 0 Å². The number of rotatable bonds is 5. The predicted octanol–water partition coefficient (Wildman–Crippen LogP) is -0.846. The molecule has 0 aliphatic carbocycles. The average molecular weight is 254 g/mol. The lowest BCUT2D eigenvalue weighted by molar-refractivity contribution is 0.122. The van der Waals surface area contributed by atoms with Crippen LogP contribution in [0.2, 0.25) is 0 Å². The molecule has 8 heteroatoms. The number of aliphatic hydroxyl groups excluding tert-OH is 1. The summed E-state index contributed by atoms with van der Waals surface area (Å²) in [4.78, 5) is 14.9. The average Bonchev–Trinajstić information content (AvgIpc) is 2.45. The first kappa shape index (κ1) is 12.8. The van der Waals surface area contributed by atoms with Gasteiger partial charge in [-0.05, 0) is 0 Å². The third-order valence-corrected chi connectivity index (χ3v) is 2.54. The van der Waals surface area contributed by atoms with E-state index in [0.717, 1.165) is 13.1 Å². The zero-order valence-corrected chi connectivity index (χ0v) is 10.4. The lowest BCUT2D eigenvalue weighted by Crippen LogP contribution is -2.37. The van der Waals surface area contributed by atoms with Crippen LogP contribution < -0.4 is 15.5 Å². The number of aromatic nitrogens is 3. The Morgan fingerprint density at radius 2 is 1.94 bits per heavy atom. The number of ether oxygens (including phenoxy) is 1. The van der Waals surface area contributed by atoms with Crippen molar-refractivity contribution >= 4 is 17.8 Å². The third kappa shape index (κ3) is 3.17. The Balaban J connectivity index is 2.16. The van der Waals surface area contributed by atoms with Crippen LogP contribution in [-0.2, 0) is 4.74 Å². The van der Waals surface area contributed by atoms with Gasteiger partial charge in [-0.2, -0.15) is 15.0 Å². The van der Waals surface area contributed by atoms with Crippen molar-refractivity contribution < 1.29 is 9.84 Å². The van der Waals surface area contributed by atoms with Crippen molar-refractivity contribution in [1.29, 1.82) is 0 Å². The summed E-state index contributed by atoms with van der Waals surface area (Å²) in [6, 6.07) is 0. The van der Waals surface area contributed by atoms with Crippen LogP contribution in [0.4, 0.5) is 17.8 Å². The van der Waals surface area contributed by atoms with Gasteiger partial charge in [-0.1, -0.05) is 0 Å². The first-order chi connectivity index (χ1) is 8.83. The summed E-state index contributed by atoms with van der Waals surface area (Å²) in [5, 5.41) is 14.6. The Kier molecular flexibility index (Phi) is 4.48. The molecule has 0 spiro atoms. The maximum absolute atomic E-state index is 8.80. The molecule has 2 rings (SSSR count). The molecule has 0 bridgehead atoms. The van der Waals surface area contributed by atoms with Crippen LogP contribution in [0.1, 0.15) is 0 Å². The fourth-order valence-electron chi connectivity index (χ4n) is 1.63. The van der Waals surface area contributed by atoms with E-state index in [9.17, 15) is 0 Å². The van der Waals surface area contributed by atoms with Crippen molar-refractivity contribution in [2.24, 2.45) is 0 Å². The second-order valence-corrected chi connectivity index (χ2v) is 3.78. The summed E-state index contributed by atoms with van der Waals surface area (Å²) in [6.07, 6.45) is 0. The first-order valence-electron chi connectivity index (χ1n) is 5.94. The summed E-state index contributed by atoms with van der Waals surface area (Å²) in [5.41, 5.74) is 0. The van der Waals surface area contributed by atoms with E-state index in [1.807, 2.05) is 0 Å². The maximum Gasteiger partial charge on any atom is 0.232 e. The molecule has 2 heterocycles. The fourth-order valence-corrected chi connectivity index (χ4v) is 1.63. The molecule has 3 N–H and O–H groups in total. The van der Waals surface area contributed by atoms with Crippen LogP contribution in [0.5, 0.6) is 0 Å². The molecule has 0 unspecified atom stereocenters. The van der Waals surface area contributed by atoms with Crippen LogP contribution >= 0.6 is 0 Å². The van der Waals surface area contributed by atoms with Gasteiger partial charge in [0.25, 0.3) is 0 Å². The van der Waals surface area contributed by atoms with E-state index in [0.29, 0.717) is 37.6 Å². The second kappa shape index (κ2) is 6.31. The van der Waals surface area contributed by atoms with Gasteiger partial charge in [0.15, 0.2) is 0 Å². The molecule has 0 aromatic carbocycles. The maximum atomic E-state index is 8.80. The highest BCUT2D eigenvalue weighted by Crippen LogP contribution is 2.14. The van der Waals surface area contributed by atoms with Gasteiger partial charge >= 0.3 is 0 Å². The standard InChI is InChI=1S/C10H18N6O2/c1-11-8-13-9(12-2-5-17)15-10(14-8)16-3-6-18-7-4-16/h17H,2-7H2,1H3,(H2,11,12,13,14,15). The van der Waals surface area contributed by atoms with E-state index in [1.54, 1.807) is 7.05 Å². The monoisotopic (exact) mass is 254 g/mol. The number of nitrogens with one attached hydrogen (secondary N) is 2. The first-order valence-corrected chi connectivity index (χ1v) is 5.94. The zero-order chi connectivity index (χ0) is 12.8. The Morgan fingerprint density at radius 3 is 2.61 bits per heavy atom. The van der Waals surface area contributed by atoms with E-state index in [-0.39, 0.29) is 6.61 Å². The summed E-state index contributed by atoms with van der Waals surface area (Å²) < 4.78 is 5.30. The minimum Gasteiger partial charge on any atom is -0.395 e. The molecule has 1 saturated heterocycles. The number of hydrogen-bond donors (Lipinski definition) is 3. The van der Waals surface area contributed by atoms with Crippen molar-refractivity contribution in [3.8, 4) is 0 Å². The van der Waals surface area contributed by atoms with Gasteiger partial charge in [-0.25, -0.2) is 0 Å². The summed E-state index contributed by atoms with van der Waals surface area (Å²) >= 11 is 0. The zero-order valence-electron chi connectivity index (χ0n) is 10.4. The van der Waals surface area contributed by atoms with Crippen LogP contribution in [0.3, 0.4) is 0 Å². The van der Waals surface area contributed by atoms with E-state index in [1.165, 1.54) is 0 Å². The third-order valence-electron chi connectivity index (χ3n) is 2.54. The summed E-state index contributed by atoms with van der Waals surface area (Å²) in [7, 11) is 1.76. The van der Waals surface area contributed by atoms with Crippen molar-refractivity contribution in [3.05, 3.63) is 0 Å². The molecule has 0 radical (unpaired) electrons. The number of aliphatic hydroxyl groups is 1. The van der Waals surface area contributed by atoms with Gasteiger partial charge in [0.05, 0.1) is 19.8 Å². The van der Waals surface area contributed by atoms with E-state index in [4.69, 9.17) is 9.84 Å². The number of morpholine rings is 1.